The molecule has 0 atom stereocenters. The van der Waals surface area contributed by atoms with E-state index in [1.54, 1.807) is 0 Å². The molecule has 0 aromatic carbocycles. The molecule has 11 heteroatoms. The number of carbonyl (C=O) groups is 1. The van der Waals surface area contributed by atoms with Gasteiger partial charge in [-0.05, 0) is 17.2 Å². The third kappa shape index (κ3) is 5.13. The number of aromatic nitrogens is 3. The lowest BCUT2D eigenvalue weighted by Gasteiger charge is -2.13. The minimum Gasteiger partial charge on any atom is -0.355 e. The first-order valence-electron chi connectivity index (χ1n) is 6.71. The Balaban J connectivity index is 2.36. The smallest absolute Gasteiger partial charge is 0.355 e. The van der Waals surface area contributed by atoms with Gasteiger partial charge in [0.2, 0.25) is 12.2 Å². The molecule has 0 fully saturated rings. The summed E-state index contributed by atoms with van der Waals surface area (Å²) < 4.78 is 75.1. The number of rotatable bonds is 5. The molecule has 0 radical (unpaired) electrons. The van der Waals surface area contributed by atoms with E-state index in [9.17, 15) is 31.1 Å². The van der Waals surface area contributed by atoms with Crippen molar-refractivity contribution < 1.29 is 31.1 Å². The highest BCUT2D eigenvalue weighted by atomic mass is 19.4. The average molecular weight is 364 g/mol. The first-order chi connectivity index (χ1) is 11.6. The van der Waals surface area contributed by atoms with Crippen LogP contribution in [-0.4, -0.2) is 27.5 Å². The topological polar surface area (TPSA) is 67.8 Å². The van der Waals surface area contributed by atoms with E-state index in [4.69, 9.17) is 0 Å². The van der Waals surface area contributed by atoms with E-state index in [-0.39, 0.29) is 28.9 Å². The molecule has 0 aliphatic rings. The van der Waals surface area contributed by atoms with E-state index in [1.807, 2.05) is 0 Å². The molecular formula is C14H10F6N4O. The van der Waals surface area contributed by atoms with Gasteiger partial charge in [0, 0.05) is 30.7 Å². The molecule has 0 spiro atoms. The zero-order valence-corrected chi connectivity index (χ0v) is 12.3. The predicted octanol–water partition coefficient (Wildman–Crippen LogP) is 2.91. The molecule has 1 N–H and O–H groups in total. The van der Waals surface area contributed by atoms with E-state index in [1.165, 1.54) is 6.07 Å². The summed E-state index contributed by atoms with van der Waals surface area (Å²) in [6.07, 6.45) is -7.41. The van der Waals surface area contributed by atoms with Gasteiger partial charge >= 0.3 is 12.4 Å². The summed E-state index contributed by atoms with van der Waals surface area (Å²) in [6.45, 7) is -0.189. The second kappa shape index (κ2) is 7.03. The van der Waals surface area contributed by atoms with Crippen molar-refractivity contribution in [3.05, 3.63) is 41.6 Å². The van der Waals surface area contributed by atoms with Crippen molar-refractivity contribution in [1.29, 1.82) is 0 Å². The second-order valence-corrected chi connectivity index (χ2v) is 4.92. The average Bonchev–Trinajstić information content (AvgIpc) is 2.52. The van der Waals surface area contributed by atoms with E-state index in [0.717, 1.165) is 18.6 Å². The molecule has 2 heterocycles. The minimum absolute atomic E-state index is 0.0855. The summed E-state index contributed by atoms with van der Waals surface area (Å²) in [5, 5.41) is 2.24. The number of nitrogens with zero attached hydrogens (tertiary/aromatic N) is 3. The lowest BCUT2D eigenvalue weighted by molar-refractivity contribution is -0.145. The number of pyridine rings is 1. The van der Waals surface area contributed by atoms with Gasteiger partial charge < -0.3 is 5.32 Å². The van der Waals surface area contributed by atoms with Crippen molar-refractivity contribution in [2.45, 2.75) is 25.3 Å². The number of carbonyl (C=O) groups excluding carboxylic acids is 1. The SMILES string of the molecule is O=CNCc1cc(-c2cnc(C(F)(F)F)nc2)ncc1CC(F)(F)F. The van der Waals surface area contributed by atoms with Crippen LogP contribution in [0.15, 0.2) is 24.7 Å². The number of hydrogen-bond donors (Lipinski definition) is 1. The van der Waals surface area contributed by atoms with Gasteiger partial charge in [0.25, 0.3) is 0 Å². The maximum atomic E-state index is 12.6. The molecule has 2 aromatic rings. The van der Waals surface area contributed by atoms with Crippen LogP contribution in [0.25, 0.3) is 11.3 Å². The third-order valence-corrected chi connectivity index (χ3v) is 3.05. The van der Waals surface area contributed by atoms with Crippen LogP contribution in [0.4, 0.5) is 26.3 Å². The maximum Gasteiger partial charge on any atom is 0.451 e. The van der Waals surface area contributed by atoms with Crippen molar-refractivity contribution in [2.24, 2.45) is 0 Å². The zero-order valence-electron chi connectivity index (χ0n) is 12.3. The van der Waals surface area contributed by atoms with Gasteiger partial charge in [-0.2, -0.15) is 26.3 Å². The number of alkyl halides is 6. The Bertz CT molecular complexity index is 742. The maximum absolute atomic E-state index is 12.6. The zero-order chi connectivity index (χ0) is 18.7. The molecule has 25 heavy (non-hydrogen) atoms. The molecule has 0 saturated heterocycles. The molecule has 0 saturated carbocycles. The molecule has 0 aliphatic carbocycles. The number of hydrogen-bond acceptors (Lipinski definition) is 4. The van der Waals surface area contributed by atoms with E-state index in [2.05, 4.69) is 20.3 Å². The second-order valence-electron chi connectivity index (χ2n) is 4.92. The quantitative estimate of drug-likeness (QED) is 0.654. The number of halogens is 6. The van der Waals surface area contributed by atoms with Crippen molar-refractivity contribution >= 4 is 6.41 Å². The molecule has 5 nitrogen and oxygen atoms in total. The van der Waals surface area contributed by atoms with Gasteiger partial charge in [-0.15, -0.1) is 0 Å². The monoisotopic (exact) mass is 364 g/mol. The van der Waals surface area contributed by atoms with Gasteiger partial charge in [-0.25, -0.2) is 9.97 Å². The number of nitrogens with one attached hydrogen (secondary N) is 1. The summed E-state index contributed by atoms with van der Waals surface area (Å²) in [5.74, 6) is -1.34. The molecular weight excluding hydrogens is 354 g/mol. The van der Waals surface area contributed by atoms with Crippen molar-refractivity contribution in [1.82, 2.24) is 20.3 Å². The van der Waals surface area contributed by atoms with Crippen LogP contribution in [0.5, 0.6) is 0 Å². The van der Waals surface area contributed by atoms with Gasteiger partial charge in [-0.1, -0.05) is 0 Å². The van der Waals surface area contributed by atoms with Crippen LogP contribution < -0.4 is 5.32 Å². The summed E-state index contributed by atoms with van der Waals surface area (Å²) in [4.78, 5) is 20.5. The molecule has 0 bridgehead atoms. The summed E-state index contributed by atoms with van der Waals surface area (Å²) in [5.41, 5.74) is 0.161. The lowest BCUT2D eigenvalue weighted by atomic mass is 10.0. The Hall–Kier alpha value is -2.72. The van der Waals surface area contributed by atoms with Crippen LogP contribution in [0.3, 0.4) is 0 Å². The Labute approximate surface area is 137 Å². The first-order valence-corrected chi connectivity index (χ1v) is 6.71. The van der Waals surface area contributed by atoms with Crippen LogP contribution in [0, 0.1) is 0 Å². The Kier molecular flexibility index (Phi) is 5.24. The summed E-state index contributed by atoms with van der Waals surface area (Å²) in [6, 6.07) is 1.24. The fourth-order valence-corrected chi connectivity index (χ4v) is 1.98. The molecule has 0 unspecified atom stereocenters. The van der Waals surface area contributed by atoms with E-state index >= 15 is 0 Å². The highest BCUT2D eigenvalue weighted by Crippen LogP contribution is 2.28. The molecule has 0 aliphatic heterocycles. The fourth-order valence-electron chi connectivity index (χ4n) is 1.98. The largest absolute Gasteiger partial charge is 0.451 e. The van der Waals surface area contributed by atoms with Gasteiger partial charge in [0.05, 0.1) is 12.1 Å². The Morgan fingerprint density at radius 3 is 2.12 bits per heavy atom. The highest BCUT2D eigenvalue weighted by Gasteiger charge is 2.34. The van der Waals surface area contributed by atoms with Crippen LogP contribution in [0.1, 0.15) is 17.0 Å². The van der Waals surface area contributed by atoms with Crippen LogP contribution in [-0.2, 0) is 23.9 Å². The first kappa shape index (κ1) is 18.6. The van der Waals surface area contributed by atoms with Crippen LogP contribution in [0.2, 0.25) is 0 Å². The number of amides is 1. The third-order valence-electron chi connectivity index (χ3n) is 3.05. The van der Waals surface area contributed by atoms with E-state index in [0.29, 0.717) is 6.41 Å². The van der Waals surface area contributed by atoms with Crippen molar-refractivity contribution in [3.63, 3.8) is 0 Å². The highest BCUT2D eigenvalue weighted by molar-refractivity contribution is 5.58. The van der Waals surface area contributed by atoms with Gasteiger partial charge in [-0.3, -0.25) is 9.78 Å². The van der Waals surface area contributed by atoms with Crippen molar-refractivity contribution in [3.8, 4) is 11.3 Å². The van der Waals surface area contributed by atoms with E-state index < -0.39 is 24.6 Å². The Morgan fingerprint density at radius 1 is 0.960 bits per heavy atom. The minimum atomic E-state index is -4.71. The molecule has 1 amide bonds. The molecule has 2 aromatic heterocycles. The normalized spacial score (nSPS) is 12.1. The van der Waals surface area contributed by atoms with Crippen molar-refractivity contribution in [2.75, 3.05) is 0 Å². The fraction of sp³-hybridized carbons (Fsp3) is 0.286. The standard InChI is InChI=1S/C14H10F6N4O/c15-13(16,17)2-9-4-22-11(1-8(9)3-21-7-25)10-5-23-12(24-6-10)14(18,19)20/h1,4-7H,2-3H2,(H,21,25). The molecule has 2 rings (SSSR count). The van der Waals surface area contributed by atoms with Gasteiger partial charge in [0.1, 0.15) is 0 Å². The summed E-state index contributed by atoms with van der Waals surface area (Å²) >= 11 is 0. The predicted molar refractivity (Wildman–Crippen MR) is 72.9 cm³/mol. The summed E-state index contributed by atoms with van der Waals surface area (Å²) in [7, 11) is 0. The van der Waals surface area contributed by atoms with Gasteiger partial charge in [0.15, 0.2) is 0 Å². The Morgan fingerprint density at radius 2 is 1.60 bits per heavy atom. The van der Waals surface area contributed by atoms with Crippen LogP contribution >= 0.6 is 0 Å². The lowest BCUT2D eigenvalue weighted by Crippen LogP contribution is -2.17. The molecule has 134 valence electrons.